The van der Waals surface area contributed by atoms with Gasteiger partial charge in [0.1, 0.15) is 11.5 Å². The smallest absolute Gasteiger partial charge is 0.255 e. The highest BCUT2D eigenvalue weighted by atomic mass is 16.5. The first-order chi connectivity index (χ1) is 12.6. The largest absolute Gasteiger partial charge is 0.497 e. The van der Waals surface area contributed by atoms with Crippen molar-refractivity contribution in [3.63, 3.8) is 0 Å². The van der Waals surface area contributed by atoms with E-state index in [-0.39, 0.29) is 5.91 Å². The number of hydrogen-bond donors (Lipinski definition) is 2. The number of hydrogen-bond acceptors (Lipinski definition) is 4. The summed E-state index contributed by atoms with van der Waals surface area (Å²) in [4.78, 5) is 16.7. The quantitative estimate of drug-likeness (QED) is 0.848. The average molecular weight is 356 g/mol. The van der Waals surface area contributed by atoms with Crippen LogP contribution in [0.4, 0.5) is 11.4 Å². The number of anilines is 2. The van der Waals surface area contributed by atoms with E-state index in [1.165, 1.54) is 4.90 Å². The number of piperazine rings is 1. The molecule has 0 spiro atoms. The Morgan fingerprint density at radius 1 is 1.04 bits per heavy atom. The monoisotopic (exact) mass is 356 g/mol. The average Bonchev–Trinajstić information content (AvgIpc) is 2.68. The topological polar surface area (TPSA) is 55.2 Å². The summed E-state index contributed by atoms with van der Waals surface area (Å²) in [5.74, 6) is 0.990. The maximum Gasteiger partial charge on any atom is 0.255 e. The third-order valence-corrected chi connectivity index (χ3v) is 4.72. The number of amides is 1. The Morgan fingerprint density at radius 3 is 2.27 bits per heavy atom. The lowest BCUT2D eigenvalue weighted by molar-refractivity contribution is -0.880. The summed E-state index contributed by atoms with van der Waals surface area (Å²) in [5.41, 5.74) is 2.38. The zero-order valence-corrected chi connectivity index (χ0v) is 15.5. The fraction of sp³-hybridized carbons (Fsp3) is 0.350. The Hall–Kier alpha value is -2.73. The van der Waals surface area contributed by atoms with Crippen LogP contribution in [-0.4, -0.2) is 53.4 Å². The summed E-state index contributed by atoms with van der Waals surface area (Å²) in [7, 11) is 5.35. The molecule has 138 valence electrons. The van der Waals surface area contributed by atoms with Crippen LogP contribution in [-0.2, 0) is 0 Å². The van der Waals surface area contributed by atoms with Crippen molar-refractivity contribution in [3.05, 3.63) is 48.0 Å². The van der Waals surface area contributed by atoms with Gasteiger partial charge in [-0.05, 0) is 24.3 Å². The van der Waals surface area contributed by atoms with Crippen molar-refractivity contribution in [3.8, 4) is 11.5 Å². The molecule has 6 heteroatoms. The van der Waals surface area contributed by atoms with Gasteiger partial charge in [-0.2, -0.15) is 0 Å². The van der Waals surface area contributed by atoms with E-state index < -0.39 is 0 Å². The number of methoxy groups -OCH3 is 2. The number of quaternary nitrogens is 1. The Balaban J connectivity index is 1.82. The van der Waals surface area contributed by atoms with E-state index in [2.05, 4.69) is 23.3 Å². The summed E-state index contributed by atoms with van der Waals surface area (Å²) in [6.07, 6.45) is 0. The minimum atomic E-state index is -0.186. The van der Waals surface area contributed by atoms with Gasteiger partial charge in [0.05, 0.1) is 58.8 Å². The molecular weight excluding hydrogens is 330 g/mol. The third-order valence-electron chi connectivity index (χ3n) is 4.72. The molecule has 2 aromatic carbocycles. The molecule has 0 atom stereocenters. The standard InChI is InChI=1S/C20H25N3O3/c1-22-8-10-23(11-9-22)19-7-5-4-6-18(19)21-20(24)15-12-16(25-2)14-17(13-15)26-3/h4-7,12-14H,8-11H2,1-3H3,(H,21,24)/p+1. The van der Waals surface area contributed by atoms with E-state index in [0.717, 1.165) is 37.6 Å². The van der Waals surface area contributed by atoms with Gasteiger partial charge < -0.3 is 24.6 Å². The molecule has 3 rings (SSSR count). The van der Waals surface area contributed by atoms with Gasteiger partial charge in [0.25, 0.3) is 5.91 Å². The summed E-state index contributed by atoms with van der Waals surface area (Å²) in [5, 5.41) is 3.04. The highest BCUT2D eigenvalue weighted by Gasteiger charge is 2.20. The van der Waals surface area contributed by atoms with E-state index in [4.69, 9.17) is 9.47 Å². The van der Waals surface area contributed by atoms with Gasteiger partial charge in [-0.3, -0.25) is 4.79 Å². The second-order valence-electron chi connectivity index (χ2n) is 6.52. The number of nitrogens with zero attached hydrogens (tertiary/aromatic N) is 1. The van der Waals surface area contributed by atoms with Crippen molar-refractivity contribution >= 4 is 17.3 Å². The zero-order valence-electron chi connectivity index (χ0n) is 15.5. The molecule has 6 nitrogen and oxygen atoms in total. The molecule has 2 aromatic rings. The number of carbonyl (C=O) groups excluding carboxylic acids is 1. The minimum absolute atomic E-state index is 0.186. The lowest BCUT2D eigenvalue weighted by atomic mass is 10.1. The van der Waals surface area contributed by atoms with Crippen LogP contribution < -0.4 is 24.6 Å². The molecule has 0 saturated carbocycles. The van der Waals surface area contributed by atoms with Crippen LogP contribution in [0.3, 0.4) is 0 Å². The summed E-state index contributed by atoms with van der Waals surface area (Å²) in [6, 6.07) is 13.1. The van der Waals surface area contributed by atoms with E-state index >= 15 is 0 Å². The fourth-order valence-corrected chi connectivity index (χ4v) is 3.12. The highest BCUT2D eigenvalue weighted by molar-refractivity contribution is 6.06. The van der Waals surface area contributed by atoms with Gasteiger partial charge in [0, 0.05) is 11.6 Å². The highest BCUT2D eigenvalue weighted by Crippen LogP contribution is 2.28. The Labute approximate surface area is 154 Å². The first-order valence-corrected chi connectivity index (χ1v) is 8.80. The number of para-hydroxylation sites is 2. The first-order valence-electron chi connectivity index (χ1n) is 8.80. The van der Waals surface area contributed by atoms with E-state index in [1.807, 2.05) is 18.2 Å². The SMILES string of the molecule is COc1cc(OC)cc(C(=O)Nc2ccccc2N2CC[NH+](C)CC2)c1. The maximum absolute atomic E-state index is 12.8. The maximum atomic E-state index is 12.8. The van der Waals surface area contributed by atoms with Crippen LogP contribution in [0, 0.1) is 0 Å². The number of ether oxygens (including phenoxy) is 2. The summed E-state index contributed by atoms with van der Waals surface area (Å²) < 4.78 is 10.5. The van der Waals surface area contributed by atoms with Crippen molar-refractivity contribution in [2.45, 2.75) is 0 Å². The van der Waals surface area contributed by atoms with E-state index in [0.29, 0.717) is 17.1 Å². The Kier molecular flexibility index (Phi) is 5.63. The van der Waals surface area contributed by atoms with Crippen LogP contribution in [0.15, 0.2) is 42.5 Å². The lowest BCUT2D eigenvalue weighted by Crippen LogP contribution is -3.12. The number of benzene rings is 2. The molecule has 1 aliphatic rings. The lowest BCUT2D eigenvalue weighted by Gasteiger charge is -2.33. The Bertz CT molecular complexity index is 748. The van der Waals surface area contributed by atoms with Crippen molar-refractivity contribution < 1.29 is 19.2 Å². The molecule has 1 aliphatic heterocycles. The number of nitrogens with one attached hydrogen (secondary N) is 2. The summed E-state index contributed by atoms with van der Waals surface area (Å²) >= 11 is 0. The van der Waals surface area contributed by atoms with Gasteiger partial charge in [-0.1, -0.05) is 12.1 Å². The first kappa shape index (κ1) is 18.1. The predicted octanol–water partition coefficient (Wildman–Crippen LogP) is 1.29. The van der Waals surface area contributed by atoms with Crippen molar-refractivity contribution in [1.82, 2.24) is 0 Å². The summed E-state index contributed by atoms with van der Waals surface area (Å²) in [6.45, 7) is 4.14. The van der Waals surface area contributed by atoms with E-state index in [9.17, 15) is 4.79 Å². The molecule has 1 saturated heterocycles. The molecule has 1 amide bonds. The molecule has 0 aromatic heterocycles. The molecule has 0 aliphatic carbocycles. The number of carbonyl (C=O) groups is 1. The predicted molar refractivity (Wildman–Crippen MR) is 103 cm³/mol. The van der Waals surface area contributed by atoms with Crippen LogP contribution in [0.5, 0.6) is 11.5 Å². The van der Waals surface area contributed by atoms with Gasteiger partial charge in [-0.15, -0.1) is 0 Å². The van der Waals surface area contributed by atoms with Crippen molar-refractivity contribution in [2.24, 2.45) is 0 Å². The zero-order chi connectivity index (χ0) is 18.5. The molecule has 2 N–H and O–H groups in total. The normalized spacial score (nSPS) is 14.8. The molecular formula is C20H26N3O3+. The molecule has 1 fully saturated rings. The van der Waals surface area contributed by atoms with Crippen molar-refractivity contribution in [1.29, 1.82) is 0 Å². The molecule has 0 radical (unpaired) electrons. The minimum Gasteiger partial charge on any atom is -0.497 e. The van der Waals surface area contributed by atoms with Crippen LogP contribution in [0.1, 0.15) is 10.4 Å². The van der Waals surface area contributed by atoms with Crippen LogP contribution in [0.25, 0.3) is 0 Å². The van der Waals surface area contributed by atoms with Crippen molar-refractivity contribution in [2.75, 3.05) is 57.7 Å². The van der Waals surface area contributed by atoms with Crippen LogP contribution >= 0.6 is 0 Å². The molecule has 0 bridgehead atoms. The van der Waals surface area contributed by atoms with Gasteiger partial charge in [0.15, 0.2) is 0 Å². The fourth-order valence-electron chi connectivity index (χ4n) is 3.12. The van der Waals surface area contributed by atoms with E-state index in [1.54, 1.807) is 32.4 Å². The molecule has 0 unspecified atom stereocenters. The third kappa shape index (κ3) is 4.08. The Morgan fingerprint density at radius 2 is 1.65 bits per heavy atom. The second kappa shape index (κ2) is 8.10. The van der Waals surface area contributed by atoms with Crippen LogP contribution in [0.2, 0.25) is 0 Å². The molecule has 1 heterocycles. The second-order valence-corrected chi connectivity index (χ2v) is 6.52. The van der Waals surface area contributed by atoms with Gasteiger partial charge in [-0.25, -0.2) is 0 Å². The van der Waals surface area contributed by atoms with Gasteiger partial charge in [0.2, 0.25) is 0 Å². The number of rotatable bonds is 5. The number of likely N-dealkylation sites (N-methyl/N-ethyl adjacent to an activating group) is 1. The van der Waals surface area contributed by atoms with Gasteiger partial charge >= 0.3 is 0 Å². The molecule has 26 heavy (non-hydrogen) atoms.